The Bertz CT molecular complexity index is 761. The maximum atomic E-state index is 11.8. The molecule has 0 spiro atoms. The molecule has 0 atom stereocenters. The van der Waals surface area contributed by atoms with Crippen LogP contribution >= 0.6 is 0 Å². The van der Waals surface area contributed by atoms with Crippen LogP contribution in [-0.2, 0) is 4.74 Å². The van der Waals surface area contributed by atoms with E-state index in [9.17, 15) is 9.59 Å². The van der Waals surface area contributed by atoms with Crippen LogP contribution in [-0.4, -0.2) is 50.1 Å². The van der Waals surface area contributed by atoms with Crippen molar-refractivity contribution in [2.75, 3.05) is 39.5 Å². The zero-order chi connectivity index (χ0) is 16.2. The number of benzene rings is 1. The minimum atomic E-state index is -0.615. The van der Waals surface area contributed by atoms with Crippen molar-refractivity contribution in [3.8, 4) is 5.75 Å². The average molecular weight is 317 g/mol. The minimum absolute atomic E-state index is 0.0680. The van der Waals surface area contributed by atoms with Gasteiger partial charge in [-0.25, -0.2) is 4.79 Å². The smallest absolute Gasteiger partial charge is 0.347 e. The zero-order valence-electron chi connectivity index (χ0n) is 13.0. The largest absolute Gasteiger partial charge is 0.492 e. The third-order valence-electron chi connectivity index (χ3n) is 3.87. The fourth-order valence-corrected chi connectivity index (χ4v) is 2.54. The molecule has 1 aromatic heterocycles. The Morgan fingerprint density at radius 3 is 2.78 bits per heavy atom. The van der Waals surface area contributed by atoms with E-state index in [0.29, 0.717) is 23.3 Å². The molecule has 1 aliphatic heterocycles. The normalized spacial score (nSPS) is 15.7. The summed E-state index contributed by atoms with van der Waals surface area (Å²) in [6.45, 7) is 6.10. The van der Waals surface area contributed by atoms with Gasteiger partial charge in [0.1, 0.15) is 23.5 Å². The van der Waals surface area contributed by atoms with E-state index in [4.69, 9.17) is 13.9 Å². The maximum Gasteiger partial charge on any atom is 0.347 e. The van der Waals surface area contributed by atoms with Gasteiger partial charge in [0.15, 0.2) is 5.78 Å². The van der Waals surface area contributed by atoms with Gasteiger partial charge in [-0.15, -0.1) is 0 Å². The van der Waals surface area contributed by atoms with E-state index < -0.39 is 5.63 Å². The van der Waals surface area contributed by atoms with E-state index in [-0.39, 0.29) is 11.3 Å². The molecule has 2 heterocycles. The van der Waals surface area contributed by atoms with Gasteiger partial charge in [-0.05, 0) is 25.1 Å². The van der Waals surface area contributed by atoms with Gasteiger partial charge >= 0.3 is 5.63 Å². The van der Waals surface area contributed by atoms with E-state index in [0.717, 1.165) is 32.8 Å². The van der Waals surface area contributed by atoms with Gasteiger partial charge in [0.05, 0.1) is 13.2 Å². The monoisotopic (exact) mass is 317 g/mol. The molecule has 0 N–H and O–H groups in total. The lowest BCUT2D eigenvalue weighted by molar-refractivity contribution is 0.0322. The highest BCUT2D eigenvalue weighted by Crippen LogP contribution is 2.20. The van der Waals surface area contributed by atoms with E-state index in [1.807, 2.05) is 6.07 Å². The molecule has 1 saturated heterocycles. The van der Waals surface area contributed by atoms with E-state index in [2.05, 4.69) is 4.90 Å². The summed E-state index contributed by atoms with van der Waals surface area (Å²) in [6.07, 6.45) is 0. The first-order chi connectivity index (χ1) is 11.1. The number of nitrogens with zero attached hydrogens (tertiary/aromatic N) is 1. The second-order valence-electron chi connectivity index (χ2n) is 5.51. The summed E-state index contributed by atoms with van der Waals surface area (Å²) in [6, 6.07) is 6.83. The van der Waals surface area contributed by atoms with Gasteiger partial charge in [-0.2, -0.15) is 0 Å². The Hall–Kier alpha value is -2.18. The first-order valence-corrected chi connectivity index (χ1v) is 7.65. The van der Waals surface area contributed by atoms with E-state index in [1.54, 1.807) is 18.2 Å². The molecule has 1 aliphatic rings. The number of ether oxygens (including phenoxy) is 2. The van der Waals surface area contributed by atoms with Crippen LogP contribution in [0.1, 0.15) is 17.3 Å². The maximum absolute atomic E-state index is 11.8. The van der Waals surface area contributed by atoms with Crippen molar-refractivity contribution in [2.24, 2.45) is 0 Å². The van der Waals surface area contributed by atoms with E-state index >= 15 is 0 Å². The summed E-state index contributed by atoms with van der Waals surface area (Å²) in [5, 5.41) is 0.704. The number of hydrogen-bond donors (Lipinski definition) is 0. The van der Waals surface area contributed by atoms with Gasteiger partial charge in [0.25, 0.3) is 0 Å². The standard InChI is InChI=1S/C17H19NO5/c1-12(19)15-10-13-2-3-14(11-16(13)23-17(15)20)22-9-6-18-4-7-21-8-5-18/h2-3,10-11H,4-9H2,1H3. The van der Waals surface area contributed by atoms with Crippen LogP contribution in [0, 0.1) is 0 Å². The Kier molecular flexibility index (Phi) is 4.73. The Morgan fingerprint density at radius 2 is 2.04 bits per heavy atom. The molecular weight excluding hydrogens is 298 g/mol. The molecule has 2 aromatic rings. The fourth-order valence-electron chi connectivity index (χ4n) is 2.54. The van der Waals surface area contributed by atoms with Gasteiger partial charge < -0.3 is 13.9 Å². The van der Waals surface area contributed by atoms with Crippen LogP contribution < -0.4 is 10.4 Å². The summed E-state index contributed by atoms with van der Waals surface area (Å²) in [5.41, 5.74) is -0.127. The summed E-state index contributed by atoms with van der Waals surface area (Å²) < 4.78 is 16.2. The highest BCUT2D eigenvalue weighted by molar-refractivity contribution is 5.96. The summed E-state index contributed by atoms with van der Waals surface area (Å²) in [5.74, 6) is 0.343. The van der Waals surface area contributed by atoms with Crippen molar-refractivity contribution < 1.29 is 18.7 Å². The quantitative estimate of drug-likeness (QED) is 0.618. The molecule has 6 heteroatoms. The van der Waals surface area contributed by atoms with Crippen molar-refractivity contribution in [3.05, 3.63) is 40.2 Å². The molecule has 6 nitrogen and oxygen atoms in total. The molecule has 0 aliphatic carbocycles. The van der Waals surface area contributed by atoms with Crippen molar-refractivity contribution in [1.29, 1.82) is 0 Å². The topological polar surface area (TPSA) is 69.0 Å². The molecule has 0 unspecified atom stereocenters. The molecule has 1 fully saturated rings. The molecule has 0 radical (unpaired) electrons. The van der Waals surface area contributed by atoms with Crippen LogP contribution in [0.3, 0.4) is 0 Å². The fraction of sp³-hybridized carbons (Fsp3) is 0.412. The lowest BCUT2D eigenvalue weighted by Crippen LogP contribution is -2.38. The molecule has 0 amide bonds. The predicted molar refractivity (Wildman–Crippen MR) is 85.2 cm³/mol. The number of Topliss-reactive ketones (excluding diaryl/α,β-unsaturated/α-hetero) is 1. The lowest BCUT2D eigenvalue weighted by Gasteiger charge is -2.26. The molecule has 23 heavy (non-hydrogen) atoms. The molecule has 122 valence electrons. The second-order valence-corrected chi connectivity index (χ2v) is 5.51. The Labute approximate surface area is 133 Å². The Balaban J connectivity index is 1.68. The number of rotatable bonds is 5. The first kappa shape index (κ1) is 15.7. The third kappa shape index (κ3) is 3.78. The van der Waals surface area contributed by atoms with Crippen LogP contribution in [0.25, 0.3) is 11.0 Å². The molecular formula is C17H19NO5. The van der Waals surface area contributed by atoms with Gasteiger partial charge in [-0.3, -0.25) is 9.69 Å². The number of morpholine rings is 1. The van der Waals surface area contributed by atoms with Crippen LogP contribution in [0.15, 0.2) is 33.5 Å². The highest BCUT2D eigenvalue weighted by atomic mass is 16.5. The molecule has 0 bridgehead atoms. The van der Waals surface area contributed by atoms with Crippen LogP contribution in [0.2, 0.25) is 0 Å². The van der Waals surface area contributed by atoms with Crippen molar-refractivity contribution >= 4 is 16.8 Å². The summed E-state index contributed by atoms with van der Waals surface area (Å²) >= 11 is 0. The van der Waals surface area contributed by atoms with Gasteiger partial charge in [0, 0.05) is 31.1 Å². The molecule has 0 saturated carbocycles. The Morgan fingerprint density at radius 1 is 1.26 bits per heavy atom. The number of carbonyl (C=O) groups is 1. The predicted octanol–water partition coefficient (Wildman–Crippen LogP) is 1.71. The van der Waals surface area contributed by atoms with Gasteiger partial charge in [-0.1, -0.05) is 0 Å². The van der Waals surface area contributed by atoms with Crippen molar-refractivity contribution in [3.63, 3.8) is 0 Å². The number of hydrogen-bond acceptors (Lipinski definition) is 6. The highest BCUT2D eigenvalue weighted by Gasteiger charge is 2.11. The zero-order valence-corrected chi connectivity index (χ0v) is 13.0. The average Bonchev–Trinajstić information content (AvgIpc) is 2.55. The SMILES string of the molecule is CC(=O)c1cc2ccc(OCCN3CCOCC3)cc2oc1=O. The van der Waals surface area contributed by atoms with Crippen LogP contribution in [0.5, 0.6) is 5.75 Å². The number of carbonyl (C=O) groups excluding carboxylic acids is 1. The van der Waals surface area contributed by atoms with E-state index in [1.165, 1.54) is 6.92 Å². The number of fused-ring (bicyclic) bond motifs is 1. The molecule has 1 aromatic carbocycles. The van der Waals surface area contributed by atoms with Gasteiger partial charge in [0.2, 0.25) is 0 Å². The molecule has 3 rings (SSSR count). The summed E-state index contributed by atoms with van der Waals surface area (Å²) in [7, 11) is 0. The lowest BCUT2D eigenvalue weighted by atomic mass is 10.1. The van der Waals surface area contributed by atoms with Crippen LogP contribution in [0.4, 0.5) is 0 Å². The third-order valence-corrected chi connectivity index (χ3v) is 3.87. The second kappa shape index (κ2) is 6.93. The minimum Gasteiger partial charge on any atom is -0.492 e. The number of ketones is 1. The first-order valence-electron chi connectivity index (χ1n) is 7.65. The summed E-state index contributed by atoms with van der Waals surface area (Å²) in [4.78, 5) is 25.4. The van der Waals surface area contributed by atoms with Crippen molar-refractivity contribution in [2.45, 2.75) is 6.92 Å². The van der Waals surface area contributed by atoms with Crippen molar-refractivity contribution in [1.82, 2.24) is 4.90 Å².